The average Bonchev–Trinajstić information content (AvgIpc) is 3.05. The Morgan fingerprint density at radius 1 is 1.31 bits per heavy atom. The Morgan fingerprint density at radius 3 is 2.38 bits per heavy atom. The van der Waals surface area contributed by atoms with Gasteiger partial charge in [0.05, 0.1) is 6.61 Å². The average molecular weight is 228 g/mol. The number of nitrogens with one attached hydrogen (secondary N) is 1. The van der Waals surface area contributed by atoms with Crippen molar-refractivity contribution < 1.29 is 4.74 Å². The molecule has 0 aromatic rings. The lowest BCUT2D eigenvalue weighted by Gasteiger charge is -2.33. The molecule has 0 amide bonds. The van der Waals surface area contributed by atoms with Gasteiger partial charge in [-0.3, -0.25) is 4.90 Å². The van der Waals surface area contributed by atoms with E-state index >= 15 is 0 Å². The summed E-state index contributed by atoms with van der Waals surface area (Å²) in [6, 6.07) is 1.72. The van der Waals surface area contributed by atoms with Crippen molar-refractivity contribution in [2.75, 3.05) is 27.3 Å². The molecule has 0 aromatic carbocycles. The maximum Gasteiger partial charge on any atom is 0.0630 e. The van der Waals surface area contributed by atoms with E-state index < -0.39 is 0 Å². The third-order valence-corrected chi connectivity index (χ3v) is 3.64. The van der Waals surface area contributed by atoms with E-state index in [4.69, 9.17) is 4.74 Å². The van der Waals surface area contributed by atoms with Gasteiger partial charge in [-0.05, 0) is 32.7 Å². The molecule has 16 heavy (non-hydrogen) atoms. The number of ether oxygens (including phenoxy) is 1. The molecule has 0 aliphatic heterocycles. The second-order valence-corrected chi connectivity index (χ2v) is 5.42. The molecule has 1 N–H and O–H groups in total. The minimum Gasteiger partial charge on any atom is -0.383 e. The lowest BCUT2D eigenvalue weighted by atomic mass is 10.1. The van der Waals surface area contributed by atoms with E-state index in [1.807, 2.05) is 0 Å². The fraction of sp³-hybridized carbons (Fsp3) is 1.00. The van der Waals surface area contributed by atoms with Crippen LogP contribution in [0.2, 0.25) is 0 Å². The highest BCUT2D eigenvalue weighted by Crippen LogP contribution is 2.35. The summed E-state index contributed by atoms with van der Waals surface area (Å²) in [6.45, 7) is 8.55. The minimum atomic E-state index is 0.489. The normalized spacial score (nSPS) is 20.4. The Bertz CT molecular complexity index is 192. The van der Waals surface area contributed by atoms with Crippen molar-refractivity contribution in [2.45, 2.75) is 51.7 Å². The summed E-state index contributed by atoms with van der Waals surface area (Å²) in [7, 11) is 4.02. The molecule has 2 unspecified atom stereocenters. The first-order valence-corrected chi connectivity index (χ1v) is 6.50. The van der Waals surface area contributed by atoms with Crippen LogP contribution >= 0.6 is 0 Å². The molecule has 0 radical (unpaired) electrons. The van der Waals surface area contributed by atoms with Gasteiger partial charge >= 0.3 is 0 Å². The number of rotatable bonds is 8. The van der Waals surface area contributed by atoms with Crippen LogP contribution in [0.15, 0.2) is 0 Å². The Hall–Kier alpha value is -0.120. The number of nitrogens with zero attached hydrogens (tertiary/aromatic N) is 1. The maximum absolute atomic E-state index is 5.33. The predicted octanol–water partition coefficient (Wildman–Crippen LogP) is 1.73. The summed E-state index contributed by atoms with van der Waals surface area (Å²) in [6.07, 6.45) is 2.81. The van der Waals surface area contributed by atoms with Gasteiger partial charge in [0, 0.05) is 31.8 Å². The van der Waals surface area contributed by atoms with Gasteiger partial charge in [-0.25, -0.2) is 0 Å². The SMILES string of the molecule is COCC(CNC(C)C)N(C)C(C)C1CC1. The molecule has 3 nitrogen and oxygen atoms in total. The standard InChI is InChI=1S/C13H28N2O/c1-10(2)14-8-13(9-16-5)15(4)11(3)12-6-7-12/h10-14H,6-9H2,1-5H3. The van der Waals surface area contributed by atoms with Gasteiger partial charge in [0.1, 0.15) is 0 Å². The highest BCUT2D eigenvalue weighted by atomic mass is 16.5. The summed E-state index contributed by atoms with van der Waals surface area (Å²) in [5.74, 6) is 0.920. The van der Waals surface area contributed by atoms with Crippen molar-refractivity contribution in [1.29, 1.82) is 0 Å². The number of likely N-dealkylation sites (N-methyl/N-ethyl adjacent to an activating group) is 1. The molecular formula is C13H28N2O. The molecule has 0 aromatic heterocycles. The highest BCUT2D eigenvalue weighted by molar-refractivity contribution is 4.87. The summed E-state index contributed by atoms with van der Waals surface area (Å²) in [4.78, 5) is 2.48. The van der Waals surface area contributed by atoms with Crippen LogP contribution in [0.4, 0.5) is 0 Å². The van der Waals surface area contributed by atoms with E-state index in [-0.39, 0.29) is 0 Å². The third kappa shape index (κ3) is 4.40. The Morgan fingerprint density at radius 2 is 1.94 bits per heavy atom. The fourth-order valence-electron chi connectivity index (χ4n) is 2.13. The lowest BCUT2D eigenvalue weighted by Crippen LogP contribution is -2.48. The van der Waals surface area contributed by atoms with E-state index in [1.165, 1.54) is 12.8 Å². The number of hydrogen-bond acceptors (Lipinski definition) is 3. The van der Waals surface area contributed by atoms with Crippen molar-refractivity contribution in [1.82, 2.24) is 10.2 Å². The molecule has 3 heteroatoms. The molecule has 0 spiro atoms. The first kappa shape index (κ1) is 13.9. The van der Waals surface area contributed by atoms with Gasteiger partial charge in [0.15, 0.2) is 0 Å². The largest absolute Gasteiger partial charge is 0.383 e. The van der Waals surface area contributed by atoms with Crippen LogP contribution in [0.1, 0.15) is 33.6 Å². The first-order valence-electron chi connectivity index (χ1n) is 6.50. The second-order valence-electron chi connectivity index (χ2n) is 5.42. The zero-order valence-electron chi connectivity index (χ0n) is 11.5. The third-order valence-electron chi connectivity index (χ3n) is 3.64. The summed E-state index contributed by atoms with van der Waals surface area (Å²) in [5, 5.41) is 3.50. The molecule has 0 bridgehead atoms. The molecule has 1 saturated carbocycles. The van der Waals surface area contributed by atoms with Crippen molar-refractivity contribution >= 4 is 0 Å². The molecule has 1 aliphatic rings. The summed E-state index contributed by atoms with van der Waals surface area (Å²) >= 11 is 0. The minimum absolute atomic E-state index is 0.489. The van der Waals surface area contributed by atoms with Crippen LogP contribution in [0.3, 0.4) is 0 Å². The van der Waals surface area contributed by atoms with Crippen LogP contribution in [-0.4, -0.2) is 50.3 Å². The number of methoxy groups -OCH3 is 1. The summed E-state index contributed by atoms with van der Waals surface area (Å²) < 4.78 is 5.33. The van der Waals surface area contributed by atoms with Crippen molar-refractivity contribution in [3.8, 4) is 0 Å². The first-order chi connectivity index (χ1) is 7.56. The monoisotopic (exact) mass is 228 g/mol. The Labute approximate surface area is 101 Å². The molecule has 1 aliphatic carbocycles. The van der Waals surface area contributed by atoms with Crippen molar-refractivity contribution in [2.24, 2.45) is 5.92 Å². The van der Waals surface area contributed by atoms with Gasteiger partial charge in [-0.15, -0.1) is 0 Å². The van der Waals surface area contributed by atoms with E-state index in [9.17, 15) is 0 Å². The van der Waals surface area contributed by atoms with Gasteiger partial charge in [0.25, 0.3) is 0 Å². The van der Waals surface area contributed by atoms with E-state index in [1.54, 1.807) is 7.11 Å². The molecule has 1 rings (SSSR count). The van der Waals surface area contributed by atoms with E-state index in [0.29, 0.717) is 18.1 Å². The molecule has 96 valence electrons. The van der Waals surface area contributed by atoms with Crippen LogP contribution in [0.5, 0.6) is 0 Å². The quantitative estimate of drug-likeness (QED) is 0.685. The van der Waals surface area contributed by atoms with E-state index in [0.717, 1.165) is 19.1 Å². The molecule has 2 atom stereocenters. The van der Waals surface area contributed by atoms with Gasteiger partial charge < -0.3 is 10.1 Å². The number of hydrogen-bond donors (Lipinski definition) is 1. The van der Waals surface area contributed by atoms with Crippen LogP contribution in [-0.2, 0) is 4.74 Å². The zero-order chi connectivity index (χ0) is 12.1. The smallest absolute Gasteiger partial charge is 0.0630 e. The fourth-order valence-corrected chi connectivity index (χ4v) is 2.13. The van der Waals surface area contributed by atoms with Gasteiger partial charge in [0.2, 0.25) is 0 Å². The molecular weight excluding hydrogens is 200 g/mol. The lowest BCUT2D eigenvalue weighted by molar-refractivity contribution is 0.0766. The van der Waals surface area contributed by atoms with Crippen molar-refractivity contribution in [3.63, 3.8) is 0 Å². The van der Waals surface area contributed by atoms with Crippen molar-refractivity contribution in [3.05, 3.63) is 0 Å². The molecule has 0 saturated heterocycles. The Kier molecular flexibility index (Phi) is 5.73. The van der Waals surface area contributed by atoms with Crippen LogP contribution < -0.4 is 5.32 Å². The topological polar surface area (TPSA) is 24.5 Å². The predicted molar refractivity (Wildman–Crippen MR) is 68.8 cm³/mol. The van der Waals surface area contributed by atoms with E-state index in [2.05, 4.69) is 38.0 Å². The molecule has 1 fully saturated rings. The van der Waals surface area contributed by atoms with Crippen LogP contribution in [0.25, 0.3) is 0 Å². The zero-order valence-corrected chi connectivity index (χ0v) is 11.5. The second kappa shape index (κ2) is 6.58. The maximum atomic E-state index is 5.33. The van der Waals surface area contributed by atoms with Gasteiger partial charge in [-0.1, -0.05) is 13.8 Å². The van der Waals surface area contributed by atoms with Crippen LogP contribution in [0, 0.1) is 5.92 Å². The highest BCUT2D eigenvalue weighted by Gasteiger charge is 2.33. The van der Waals surface area contributed by atoms with Gasteiger partial charge in [-0.2, -0.15) is 0 Å². The molecule has 0 heterocycles. The Balaban J connectivity index is 2.39. The summed E-state index contributed by atoms with van der Waals surface area (Å²) in [5.41, 5.74) is 0.